The molecule has 0 atom stereocenters. The van der Waals surface area contributed by atoms with Gasteiger partial charge in [-0.05, 0) is 49.1 Å². The number of rotatable bonds is 5. The van der Waals surface area contributed by atoms with Crippen molar-refractivity contribution in [3.8, 4) is 16.9 Å². The average Bonchev–Trinajstić information content (AvgIpc) is 3.41. The van der Waals surface area contributed by atoms with Gasteiger partial charge in [-0.1, -0.05) is 39.5 Å². The number of methoxy groups -OCH3 is 1. The number of nitrogens with zero attached hydrogens (tertiary/aromatic N) is 1. The van der Waals surface area contributed by atoms with Gasteiger partial charge >= 0.3 is 0 Å². The Bertz CT molecular complexity index is 842. The Morgan fingerprint density at radius 1 is 1.19 bits per heavy atom. The molecule has 0 aliphatic heterocycles. The first kappa shape index (κ1) is 18.7. The highest BCUT2D eigenvalue weighted by Gasteiger charge is 2.44. The summed E-state index contributed by atoms with van der Waals surface area (Å²) in [5.74, 6) is 0.831. The van der Waals surface area contributed by atoms with Crippen LogP contribution in [0, 0.1) is 0 Å². The molecular weight excluding hydrogens is 322 g/mol. The van der Waals surface area contributed by atoms with Crippen LogP contribution in [-0.2, 0) is 10.8 Å². The molecule has 0 radical (unpaired) electrons. The van der Waals surface area contributed by atoms with Gasteiger partial charge in [0.05, 0.1) is 25.1 Å². The number of hydrogen-bond acceptors (Lipinski definition) is 3. The van der Waals surface area contributed by atoms with Crippen LogP contribution in [0.25, 0.3) is 16.7 Å². The van der Waals surface area contributed by atoms with E-state index in [9.17, 15) is 5.11 Å². The van der Waals surface area contributed by atoms with Crippen molar-refractivity contribution in [2.45, 2.75) is 51.4 Å². The van der Waals surface area contributed by atoms with E-state index in [1.807, 2.05) is 19.1 Å². The minimum Gasteiger partial charge on any atom is -0.496 e. The van der Waals surface area contributed by atoms with Gasteiger partial charge in [-0.3, -0.25) is 4.98 Å². The van der Waals surface area contributed by atoms with Crippen molar-refractivity contribution >= 4 is 5.57 Å². The van der Waals surface area contributed by atoms with Gasteiger partial charge in [0, 0.05) is 22.0 Å². The highest BCUT2D eigenvalue weighted by Crippen LogP contribution is 2.49. The Kier molecular flexibility index (Phi) is 4.70. The molecule has 0 spiro atoms. The summed E-state index contributed by atoms with van der Waals surface area (Å²) >= 11 is 0. The lowest BCUT2D eigenvalue weighted by atomic mass is 9.84. The fourth-order valence-electron chi connectivity index (χ4n) is 3.42. The van der Waals surface area contributed by atoms with E-state index in [0.29, 0.717) is 0 Å². The Morgan fingerprint density at radius 2 is 1.88 bits per heavy atom. The van der Waals surface area contributed by atoms with Crippen molar-refractivity contribution in [3.05, 3.63) is 53.9 Å². The van der Waals surface area contributed by atoms with E-state index in [4.69, 9.17) is 9.72 Å². The third-order valence-corrected chi connectivity index (χ3v) is 5.30. The Morgan fingerprint density at radius 3 is 2.38 bits per heavy atom. The molecule has 1 saturated carbocycles. The third kappa shape index (κ3) is 3.28. The lowest BCUT2D eigenvalue weighted by Gasteiger charge is -2.24. The fourth-order valence-corrected chi connectivity index (χ4v) is 3.42. The zero-order valence-electron chi connectivity index (χ0n) is 16.5. The molecule has 3 rings (SSSR count). The third-order valence-electron chi connectivity index (χ3n) is 5.30. The van der Waals surface area contributed by atoms with E-state index in [1.165, 1.54) is 5.56 Å². The minimum absolute atomic E-state index is 0.0754. The number of pyridine rings is 1. The SMILES string of the molecule is C=C(C)c1ccc(-c2cc(C3(CO)CC3)ccc2OC)c(C(C)(C)C)n1. The zero-order valence-corrected chi connectivity index (χ0v) is 16.5. The van der Waals surface area contributed by atoms with Crippen LogP contribution in [-0.4, -0.2) is 23.8 Å². The van der Waals surface area contributed by atoms with Crippen LogP contribution in [0.4, 0.5) is 0 Å². The molecule has 1 aromatic carbocycles. The Labute approximate surface area is 156 Å². The molecule has 0 amide bonds. The Balaban J connectivity index is 2.22. The molecule has 2 aromatic rings. The highest BCUT2D eigenvalue weighted by atomic mass is 16.5. The molecular formula is C23H29NO2. The highest BCUT2D eigenvalue weighted by molar-refractivity contribution is 5.76. The van der Waals surface area contributed by atoms with Crippen LogP contribution in [0.15, 0.2) is 36.9 Å². The number of aliphatic hydroxyl groups excluding tert-OH is 1. The first-order valence-corrected chi connectivity index (χ1v) is 9.19. The lowest BCUT2D eigenvalue weighted by Crippen LogP contribution is -2.17. The van der Waals surface area contributed by atoms with Crippen molar-refractivity contribution in [1.82, 2.24) is 4.98 Å². The number of ether oxygens (including phenoxy) is 1. The van der Waals surface area contributed by atoms with Gasteiger partial charge in [0.2, 0.25) is 0 Å². The molecule has 1 heterocycles. The molecule has 0 saturated heterocycles. The second kappa shape index (κ2) is 6.55. The standard InChI is InChI=1S/C23H29NO2/c1-15(2)19-9-8-17(21(24-19)22(3,4)5)18-13-16(7-10-20(18)26-6)23(14-25)11-12-23/h7-10,13,25H,1,11-12,14H2,2-6H3. The first-order valence-electron chi connectivity index (χ1n) is 9.19. The van der Waals surface area contributed by atoms with E-state index < -0.39 is 0 Å². The van der Waals surface area contributed by atoms with Crippen molar-refractivity contribution in [2.24, 2.45) is 0 Å². The topological polar surface area (TPSA) is 42.4 Å². The molecule has 0 bridgehead atoms. The summed E-state index contributed by atoms with van der Waals surface area (Å²) in [5.41, 5.74) is 6.01. The van der Waals surface area contributed by atoms with E-state index in [1.54, 1.807) is 7.11 Å². The van der Waals surface area contributed by atoms with Crippen molar-refractivity contribution in [2.75, 3.05) is 13.7 Å². The van der Waals surface area contributed by atoms with Crippen LogP contribution < -0.4 is 4.74 Å². The molecule has 1 aliphatic carbocycles. The van der Waals surface area contributed by atoms with Crippen molar-refractivity contribution in [1.29, 1.82) is 0 Å². The molecule has 26 heavy (non-hydrogen) atoms. The van der Waals surface area contributed by atoms with E-state index >= 15 is 0 Å². The molecule has 1 fully saturated rings. The molecule has 1 aromatic heterocycles. The second-order valence-corrected chi connectivity index (χ2v) is 8.48. The van der Waals surface area contributed by atoms with Gasteiger partial charge in [-0.25, -0.2) is 0 Å². The van der Waals surface area contributed by atoms with E-state index in [0.717, 1.165) is 46.7 Å². The molecule has 138 valence electrons. The van der Waals surface area contributed by atoms with Gasteiger partial charge in [0.15, 0.2) is 0 Å². The summed E-state index contributed by atoms with van der Waals surface area (Å²) in [7, 11) is 1.70. The largest absolute Gasteiger partial charge is 0.496 e. The van der Waals surface area contributed by atoms with Gasteiger partial charge < -0.3 is 9.84 Å². The normalized spacial score (nSPS) is 15.6. The fraction of sp³-hybridized carbons (Fsp3) is 0.435. The maximum absolute atomic E-state index is 9.83. The molecule has 3 heteroatoms. The summed E-state index contributed by atoms with van der Waals surface area (Å²) in [6.45, 7) is 12.7. The number of allylic oxidation sites excluding steroid dienone is 1. The number of hydrogen-bond donors (Lipinski definition) is 1. The molecule has 1 N–H and O–H groups in total. The van der Waals surface area contributed by atoms with Gasteiger partial charge in [0.1, 0.15) is 5.75 Å². The number of benzene rings is 1. The summed E-state index contributed by atoms with van der Waals surface area (Å²) in [6, 6.07) is 10.4. The molecule has 0 unspecified atom stereocenters. The average molecular weight is 351 g/mol. The van der Waals surface area contributed by atoms with Crippen LogP contribution in [0.3, 0.4) is 0 Å². The maximum Gasteiger partial charge on any atom is 0.126 e. The molecule has 3 nitrogen and oxygen atoms in total. The van der Waals surface area contributed by atoms with Gasteiger partial charge in [-0.15, -0.1) is 0 Å². The van der Waals surface area contributed by atoms with Crippen LogP contribution in [0.1, 0.15) is 57.5 Å². The van der Waals surface area contributed by atoms with Gasteiger partial charge in [0.25, 0.3) is 0 Å². The van der Waals surface area contributed by atoms with Crippen LogP contribution >= 0.6 is 0 Å². The van der Waals surface area contributed by atoms with Crippen LogP contribution in [0.2, 0.25) is 0 Å². The summed E-state index contributed by atoms with van der Waals surface area (Å²) < 4.78 is 5.66. The summed E-state index contributed by atoms with van der Waals surface area (Å²) in [4.78, 5) is 4.92. The number of aliphatic hydroxyl groups is 1. The van der Waals surface area contributed by atoms with E-state index in [-0.39, 0.29) is 17.4 Å². The second-order valence-electron chi connectivity index (χ2n) is 8.48. The monoisotopic (exact) mass is 351 g/mol. The van der Waals surface area contributed by atoms with E-state index in [2.05, 4.69) is 45.5 Å². The summed E-state index contributed by atoms with van der Waals surface area (Å²) in [5, 5.41) is 9.83. The number of aromatic nitrogens is 1. The lowest BCUT2D eigenvalue weighted by molar-refractivity contribution is 0.255. The first-order chi connectivity index (χ1) is 12.2. The quantitative estimate of drug-likeness (QED) is 0.814. The van der Waals surface area contributed by atoms with Gasteiger partial charge in [-0.2, -0.15) is 0 Å². The zero-order chi connectivity index (χ0) is 19.1. The predicted molar refractivity (Wildman–Crippen MR) is 108 cm³/mol. The smallest absolute Gasteiger partial charge is 0.126 e. The Hall–Kier alpha value is -2.13. The van der Waals surface area contributed by atoms with Crippen molar-refractivity contribution < 1.29 is 9.84 Å². The minimum atomic E-state index is -0.115. The maximum atomic E-state index is 9.83. The predicted octanol–water partition coefficient (Wildman–Crippen LogP) is 5.11. The summed E-state index contributed by atoms with van der Waals surface area (Å²) in [6.07, 6.45) is 2.07. The van der Waals surface area contributed by atoms with Crippen LogP contribution in [0.5, 0.6) is 5.75 Å². The molecule has 1 aliphatic rings. The van der Waals surface area contributed by atoms with Crippen molar-refractivity contribution in [3.63, 3.8) is 0 Å².